The van der Waals surface area contributed by atoms with Gasteiger partial charge in [0, 0.05) is 11.8 Å². The lowest BCUT2D eigenvalue weighted by atomic mass is 10.1. The van der Waals surface area contributed by atoms with Gasteiger partial charge in [0.25, 0.3) is 5.91 Å². The van der Waals surface area contributed by atoms with Crippen molar-refractivity contribution in [3.8, 4) is 11.4 Å². The van der Waals surface area contributed by atoms with E-state index in [0.717, 1.165) is 17.7 Å². The van der Waals surface area contributed by atoms with E-state index in [1.54, 1.807) is 36.9 Å². The molecular weight excluding hydrogens is 499 g/mol. The number of hydrogen-bond donors (Lipinski definition) is 1. The number of benzene rings is 2. The summed E-state index contributed by atoms with van der Waals surface area (Å²) in [7, 11) is 0. The number of rotatable bonds is 7. The third-order valence-electron chi connectivity index (χ3n) is 5.84. The number of amides is 1. The second-order valence-electron chi connectivity index (χ2n) is 8.59. The number of aryl methyl sites for hydroxylation is 1. The lowest BCUT2D eigenvalue weighted by molar-refractivity contribution is -0.137. The predicted molar refractivity (Wildman–Crippen MR) is 131 cm³/mol. The van der Waals surface area contributed by atoms with Gasteiger partial charge in [-0.15, -0.1) is 15.0 Å². The van der Waals surface area contributed by atoms with Crippen LogP contribution in [-0.2, 0) is 19.4 Å². The Labute approximate surface area is 214 Å². The van der Waals surface area contributed by atoms with Crippen LogP contribution in [0.2, 0.25) is 0 Å². The van der Waals surface area contributed by atoms with E-state index < -0.39 is 17.6 Å². The van der Waals surface area contributed by atoms with Crippen LogP contribution in [0.3, 0.4) is 0 Å². The highest BCUT2D eigenvalue weighted by Crippen LogP contribution is 2.30. The minimum Gasteiger partial charge on any atom is -0.317 e. The normalized spacial score (nSPS) is 11.6. The quantitative estimate of drug-likeness (QED) is 0.344. The van der Waals surface area contributed by atoms with E-state index in [-0.39, 0.29) is 18.9 Å². The van der Waals surface area contributed by atoms with Crippen molar-refractivity contribution in [2.45, 2.75) is 33.2 Å². The number of alkyl halides is 3. The van der Waals surface area contributed by atoms with Crippen LogP contribution in [0.1, 0.15) is 33.0 Å². The van der Waals surface area contributed by atoms with Crippen LogP contribution in [0.25, 0.3) is 11.4 Å². The van der Waals surface area contributed by atoms with Crippen LogP contribution in [0, 0.1) is 13.8 Å². The first kappa shape index (κ1) is 24.9. The Bertz CT molecular complexity index is 1590. The summed E-state index contributed by atoms with van der Waals surface area (Å²) in [6.45, 7) is 3.73. The van der Waals surface area contributed by atoms with E-state index in [0.29, 0.717) is 28.5 Å². The number of nitrogens with zero attached hydrogens (tertiary/aromatic N) is 8. The zero-order valence-electron chi connectivity index (χ0n) is 20.4. The molecule has 0 spiro atoms. The van der Waals surface area contributed by atoms with Crippen LogP contribution in [0.15, 0.2) is 66.9 Å². The lowest BCUT2D eigenvalue weighted by Gasteiger charge is -2.10. The molecule has 0 unspecified atom stereocenters. The van der Waals surface area contributed by atoms with Crippen molar-refractivity contribution < 1.29 is 18.0 Å². The van der Waals surface area contributed by atoms with Crippen molar-refractivity contribution in [3.63, 3.8) is 0 Å². The molecule has 3 heterocycles. The smallest absolute Gasteiger partial charge is 0.317 e. The van der Waals surface area contributed by atoms with Crippen molar-refractivity contribution in [1.82, 2.24) is 39.8 Å². The summed E-state index contributed by atoms with van der Waals surface area (Å²) in [5.74, 6) is 0.0221. The SMILES string of the molecule is Cc1nn(Cc2cccc(C(F)(F)F)c2)c(C)c1NC(=O)c1ccn(Cn2nnc(-c3ccccc3)n2)n1. The molecule has 0 atom stereocenters. The predicted octanol–water partition coefficient (Wildman–Crippen LogP) is 4.18. The molecule has 0 aliphatic carbocycles. The molecule has 5 rings (SSSR count). The second-order valence-corrected chi connectivity index (χ2v) is 8.59. The number of carbonyl (C=O) groups is 1. The minimum absolute atomic E-state index is 0.122. The Morgan fingerprint density at radius 3 is 2.53 bits per heavy atom. The van der Waals surface area contributed by atoms with Crippen molar-refractivity contribution in [1.29, 1.82) is 0 Å². The van der Waals surface area contributed by atoms with Crippen molar-refractivity contribution >= 4 is 11.6 Å². The average Bonchev–Trinajstić information content (AvgIpc) is 3.62. The third-order valence-corrected chi connectivity index (χ3v) is 5.84. The fourth-order valence-corrected chi connectivity index (χ4v) is 3.93. The van der Waals surface area contributed by atoms with Gasteiger partial charge in [-0.05, 0) is 42.8 Å². The number of tetrazole rings is 1. The number of nitrogens with one attached hydrogen (secondary N) is 1. The topological polar surface area (TPSA) is 108 Å². The first-order chi connectivity index (χ1) is 18.2. The second kappa shape index (κ2) is 9.92. The molecule has 10 nitrogen and oxygen atoms in total. The van der Waals surface area contributed by atoms with Gasteiger partial charge in [-0.1, -0.05) is 42.5 Å². The summed E-state index contributed by atoms with van der Waals surface area (Å²) in [6.07, 6.45) is -2.81. The Hall–Kier alpha value is -4.81. The number of anilines is 1. The van der Waals surface area contributed by atoms with E-state index in [1.165, 1.54) is 15.5 Å². The van der Waals surface area contributed by atoms with Crippen molar-refractivity contribution in [3.05, 3.63) is 95.1 Å². The summed E-state index contributed by atoms with van der Waals surface area (Å²) < 4.78 is 42.3. The summed E-state index contributed by atoms with van der Waals surface area (Å²) in [6, 6.07) is 16.1. The highest BCUT2D eigenvalue weighted by molar-refractivity contribution is 6.03. The molecule has 0 saturated heterocycles. The fourth-order valence-electron chi connectivity index (χ4n) is 3.93. The van der Waals surface area contributed by atoms with Crippen LogP contribution < -0.4 is 5.32 Å². The molecule has 38 heavy (non-hydrogen) atoms. The Balaban J connectivity index is 1.26. The van der Waals surface area contributed by atoms with E-state index >= 15 is 0 Å². The molecule has 194 valence electrons. The van der Waals surface area contributed by atoms with Gasteiger partial charge in [0.05, 0.1) is 29.2 Å². The number of carbonyl (C=O) groups excluding carboxylic acids is 1. The Kier molecular flexibility index (Phi) is 6.49. The molecule has 13 heteroatoms. The van der Waals surface area contributed by atoms with Crippen LogP contribution in [-0.4, -0.2) is 45.7 Å². The van der Waals surface area contributed by atoms with E-state index in [4.69, 9.17) is 0 Å². The first-order valence-corrected chi connectivity index (χ1v) is 11.6. The lowest BCUT2D eigenvalue weighted by Crippen LogP contribution is -2.16. The molecule has 0 fully saturated rings. The summed E-state index contributed by atoms with van der Waals surface area (Å²) in [4.78, 5) is 14.3. The van der Waals surface area contributed by atoms with E-state index in [2.05, 4.69) is 30.9 Å². The van der Waals surface area contributed by atoms with Gasteiger partial charge in [0.15, 0.2) is 12.4 Å². The zero-order chi connectivity index (χ0) is 26.9. The molecule has 1 N–H and O–H groups in total. The van der Waals surface area contributed by atoms with Crippen LogP contribution in [0.4, 0.5) is 18.9 Å². The van der Waals surface area contributed by atoms with Gasteiger partial charge in [0.2, 0.25) is 5.82 Å². The number of hydrogen-bond acceptors (Lipinski definition) is 6. The highest BCUT2D eigenvalue weighted by Gasteiger charge is 2.30. The van der Waals surface area contributed by atoms with Gasteiger partial charge in [0.1, 0.15) is 0 Å². The Morgan fingerprint density at radius 1 is 0.974 bits per heavy atom. The molecular formula is C25H22F3N9O. The molecule has 1 amide bonds. The van der Waals surface area contributed by atoms with Gasteiger partial charge < -0.3 is 5.32 Å². The van der Waals surface area contributed by atoms with Gasteiger partial charge >= 0.3 is 6.18 Å². The first-order valence-electron chi connectivity index (χ1n) is 11.6. The number of aromatic nitrogens is 8. The number of halogens is 3. The summed E-state index contributed by atoms with van der Waals surface area (Å²) in [5.41, 5.74) is 2.33. The molecule has 3 aromatic heterocycles. The molecule has 0 aliphatic heterocycles. The molecule has 0 radical (unpaired) electrons. The van der Waals surface area contributed by atoms with E-state index in [9.17, 15) is 18.0 Å². The molecule has 2 aromatic carbocycles. The molecule has 5 aromatic rings. The molecule has 0 bridgehead atoms. The van der Waals surface area contributed by atoms with Crippen molar-refractivity contribution in [2.24, 2.45) is 0 Å². The van der Waals surface area contributed by atoms with Crippen LogP contribution >= 0.6 is 0 Å². The fraction of sp³-hybridized carbons (Fsp3) is 0.200. The monoisotopic (exact) mass is 521 g/mol. The molecule has 0 saturated carbocycles. The van der Waals surface area contributed by atoms with Gasteiger partial charge in [-0.2, -0.15) is 23.4 Å². The maximum Gasteiger partial charge on any atom is 0.416 e. The van der Waals surface area contributed by atoms with Gasteiger partial charge in [-0.3, -0.25) is 9.48 Å². The van der Waals surface area contributed by atoms with Crippen LogP contribution in [0.5, 0.6) is 0 Å². The average molecular weight is 522 g/mol. The Morgan fingerprint density at radius 2 is 1.76 bits per heavy atom. The summed E-state index contributed by atoms with van der Waals surface area (Å²) >= 11 is 0. The maximum atomic E-state index is 13.1. The van der Waals surface area contributed by atoms with Gasteiger partial charge in [-0.25, -0.2) is 4.68 Å². The third kappa shape index (κ3) is 5.31. The largest absolute Gasteiger partial charge is 0.416 e. The maximum absolute atomic E-state index is 13.1. The minimum atomic E-state index is -4.43. The highest BCUT2D eigenvalue weighted by atomic mass is 19.4. The zero-order valence-corrected chi connectivity index (χ0v) is 20.4. The van der Waals surface area contributed by atoms with Crippen molar-refractivity contribution in [2.75, 3.05) is 5.32 Å². The molecule has 0 aliphatic rings. The standard InChI is InChI=1S/C25H22F3N9O/c1-16-22(17(2)36(31-16)14-18-7-6-10-20(13-18)25(26,27)28)29-24(38)21-11-12-35(32-21)15-37-33-23(30-34-37)19-8-4-3-5-9-19/h3-13H,14-15H2,1-2H3,(H,29,38). The van der Waals surface area contributed by atoms with E-state index in [1.807, 2.05) is 30.3 Å². The summed E-state index contributed by atoms with van der Waals surface area (Å²) in [5, 5.41) is 23.9.